The Hall–Kier alpha value is -0.380. The van der Waals surface area contributed by atoms with Gasteiger partial charge in [-0.2, -0.15) is 0 Å². The molecule has 0 aliphatic heterocycles. The summed E-state index contributed by atoms with van der Waals surface area (Å²) < 4.78 is 0. The minimum atomic E-state index is -0.903. The maximum atomic E-state index is 11.5. The summed E-state index contributed by atoms with van der Waals surface area (Å²) in [5, 5.41) is 33.3. The van der Waals surface area contributed by atoms with E-state index in [1.807, 2.05) is 6.92 Å². The summed E-state index contributed by atoms with van der Waals surface area (Å²) in [5.41, 5.74) is -1.41. The van der Waals surface area contributed by atoms with Crippen molar-refractivity contribution in [1.82, 2.24) is 0 Å². The summed E-state index contributed by atoms with van der Waals surface area (Å²) in [6, 6.07) is 0. The third-order valence-corrected chi connectivity index (χ3v) is 7.93. The van der Waals surface area contributed by atoms with Crippen molar-refractivity contribution in [3.8, 4) is 0 Å². The van der Waals surface area contributed by atoms with Crippen LogP contribution in [0.3, 0.4) is 0 Å². The second-order valence-corrected chi connectivity index (χ2v) is 9.84. The number of aliphatic hydroxyl groups is 3. The van der Waals surface area contributed by atoms with E-state index >= 15 is 0 Å². The largest absolute Gasteiger partial charge is 0.390 e. The van der Waals surface area contributed by atoms with Crippen LogP contribution in [0.2, 0.25) is 0 Å². The molecule has 3 N–H and O–H groups in total. The molecule has 3 fully saturated rings. The summed E-state index contributed by atoms with van der Waals surface area (Å²) in [7, 11) is 0. The normalized spacial score (nSPS) is 55.6. The molecule has 0 unspecified atom stereocenters. The molecule has 0 aromatic heterocycles. The van der Waals surface area contributed by atoms with Crippen molar-refractivity contribution in [2.24, 2.45) is 28.1 Å². The van der Waals surface area contributed by atoms with E-state index in [9.17, 15) is 15.3 Å². The summed E-state index contributed by atoms with van der Waals surface area (Å²) >= 11 is 0. The van der Waals surface area contributed by atoms with Crippen LogP contribution in [0.25, 0.3) is 0 Å². The SMILES string of the molecule is C=C[C@]1(C)C[C@]2(O)CC[C@@H]3C(C)(C)CCC[C@]3(C)[C@H]2[C@H](O)[C@H]1O. The topological polar surface area (TPSA) is 60.7 Å². The minimum absolute atomic E-state index is 0.113. The zero-order valence-corrected chi connectivity index (χ0v) is 15.2. The van der Waals surface area contributed by atoms with Gasteiger partial charge in [-0.25, -0.2) is 0 Å². The summed E-state index contributed by atoms with van der Waals surface area (Å²) in [6.45, 7) is 12.7. The van der Waals surface area contributed by atoms with Gasteiger partial charge in [0.2, 0.25) is 0 Å². The highest BCUT2D eigenvalue weighted by Crippen LogP contribution is 2.66. The average Bonchev–Trinajstić information content (AvgIpc) is 2.43. The highest BCUT2D eigenvalue weighted by Gasteiger charge is 2.66. The smallest absolute Gasteiger partial charge is 0.0891 e. The van der Waals surface area contributed by atoms with E-state index in [4.69, 9.17) is 0 Å². The van der Waals surface area contributed by atoms with E-state index in [0.717, 1.165) is 19.3 Å². The van der Waals surface area contributed by atoms with Gasteiger partial charge in [0.15, 0.2) is 0 Å². The van der Waals surface area contributed by atoms with E-state index in [-0.39, 0.29) is 16.7 Å². The molecule has 0 aromatic carbocycles. The lowest BCUT2D eigenvalue weighted by molar-refractivity contribution is -0.265. The lowest BCUT2D eigenvalue weighted by Gasteiger charge is -2.66. The standard InChI is InChI=1S/C20H34O3/c1-6-18(4)12-20(23)11-8-13-17(2,3)9-7-10-19(13,5)15(20)14(21)16(18)22/h6,13-16,21-23H,1,7-12H2,2-5H3/t13-,14+,15-,16-,18-,19+,20-/m1/s1. The summed E-state index contributed by atoms with van der Waals surface area (Å²) in [4.78, 5) is 0. The number of hydrogen-bond acceptors (Lipinski definition) is 3. The molecule has 7 atom stereocenters. The monoisotopic (exact) mass is 322 g/mol. The second-order valence-electron chi connectivity index (χ2n) is 9.84. The van der Waals surface area contributed by atoms with Gasteiger partial charge >= 0.3 is 0 Å². The molecule has 3 heteroatoms. The molecule has 3 aliphatic rings. The molecule has 0 bridgehead atoms. The number of rotatable bonds is 1. The molecular formula is C20H34O3. The van der Waals surface area contributed by atoms with Crippen LogP contribution in [0.4, 0.5) is 0 Å². The molecule has 132 valence electrons. The third-order valence-electron chi connectivity index (χ3n) is 7.93. The molecule has 0 heterocycles. The zero-order valence-electron chi connectivity index (χ0n) is 15.2. The first kappa shape index (κ1) is 17.4. The van der Waals surface area contributed by atoms with Crippen molar-refractivity contribution in [3.63, 3.8) is 0 Å². The van der Waals surface area contributed by atoms with Gasteiger partial charge in [0.05, 0.1) is 17.8 Å². The van der Waals surface area contributed by atoms with Gasteiger partial charge in [0, 0.05) is 11.3 Å². The van der Waals surface area contributed by atoms with Gasteiger partial charge in [-0.15, -0.1) is 6.58 Å². The van der Waals surface area contributed by atoms with Crippen molar-refractivity contribution in [2.75, 3.05) is 0 Å². The van der Waals surface area contributed by atoms with Crippen LogP contribution in [0, 0.1) is 28.1 Å². The summed E-state index contributed by atoms with van der Waals surface area (Å²) in [5.74, 6) is 0.236. The van der Waals surface area contributed by atoms with Crippen molar-refractivity contribution in [3.05, 3.63) is 12.7 Å². The second kappa shape index (κ2) is 5.06. The first-order valence-corrected chi connectivity index (χ1v) is 9.22. The highest BCUT2D eigenvalue weighted by atomic mass is 16.3. The van der Waals surface area contributed by atoms with Crippen LogP contribution in [0.1, 0.15) is 66.2 Å². The van der Waals surface area contributed by atoms with Crippen molar-refractivity contribution >= 4 is 0 Å². The van der Waals surface area contributed by atoms with Crippen molar-refractivity contribution in [1.29, 1.82) is 0 Å². The lowest BCUT2D eigenvalue weighted by Crippen LogP contribution is -2.69. The Morgan fingerprint density at radius 1 is 1.04 bits per heavy atom. The molecule has 3 nitrogen and oxygen atoms in total. The molecule has 23 heavy (non-hydrogen) atoms. The Morgan fingerprint density at radius 2 is 1.70 bits per heavy atom. The fourth-order valence-electron chi connectivity index (χ4n) is 6.86. The molecule has 0 saturated heterocycles. The van der Waals surface area contributed by atoms with Gasteiger partial charge < -0.3 is 15.3 Å². The maximum Gasteiger partial charge on any atom is 0.0891 e. The molecule has 0 radical (unpaired) electrons. The molecule has 3 rings (SSSR count). The van der Waals surface area contributed by atoms with Crippen LogP contribution in [-0.2, 0) is 0 Å². The Kier molecular flexibility index (Phi) is 3.84. The Labute approximate surface area is 140 Å². The quantitative estimate of drug-likeness (QED) is 0.649. The van der Waals surface area contributed by atoms with E-state index in [0.29, 0.717) is 18.8 Å². The van der Waals surface area contributed by atoms with E-state index in [1.165, 1.54) is 6.42 Å². The highest BCUT2D eigenvalue weighted by molar-refractivity contribution is 5.19. The maximum absolute atomic E-state index is 11.5. The number of hydrogen-bond donors (Lipinski definition) is 3. The molecule has 0 spiro atoms. The van der Waals surface area contributed by atoms with Crippen LogP contribution in [-0.4, -0.2) is 33.1 Å². The van der Waals surface area contributed by atoms with Crippen LogP contribution in [0.5, 0.6) is 0 Å². The number of fused-ring (bicyclic) bond motifs is 3. The van der Waals surface area contributed by atoms with Crippen molar-refractivity contribution in [2.45, 2.75) is 84.0 Å². The molecule has 0 aromatic rings. The molecular weight excluding hydrogens is 288 g/mol. The lowest BCUT2D eigenvalue weighted by atomic mass is 9.41. The van der Waals surface area contributed by atoms with Gasteiger partial charge in [0.25, 0.3) is 0 Å². The Morgan fingerprint density at radius 3 is 2.30 bits per heavy atom. The van der Waals surface area contributed by atoms with E-state index in [1.54, 1.807) is 6.08 Å². The molecule has 0 amide bonds. The zero-order chi connectivity index (χ0) is 17.3. The predicted octanol–water partition coefficient (Wildman–Crippen LogP) is 3.28. The Balaban J connectivity index is 2.05. The first-order chi connectivity index (χ1) is 10.5. The van der Waals surface area contributed by atoms with Gasteiger partial charge in [-0.05, 0) is 48.9 Å². The van der Waals surface area contributed by atoms with Gasteiger partial charge in [-0.3, -0.25) is 0 Å². The van der Waals surface area contributed by atoms with E-state index < -0.39 is 23.2 Å². The fraction of sp³-hybridized carbons (Fsp3) is 0.900. The van der Waals surface area contributed by atoms with Gasteiger partial charge in [0.1, 0.15) is 0 Å². The third kappa shape index (κ3) is 2.26. The van der Waals surface area contributed by atoms with Crippen LogP contribution >= 0.6 is 0 Å². The van der Waals surface area contributed by atoms with Crippen LogP contribution < -0.4 is 0 Å². The summed E-state index contributed by atoms with van der Waals surface area (Å²) in [6.07, 6.45) is 5.56. The van der Waals surface area contributed by atoms with E-state index in [2.05, 4.69) is 27.4 Å². The van der Waals surface area contributed by atoms with Crippen molar-refractivity contribution < 1.29 is 15.3 Å². The first-order valence-electron chi connectivity index (χ1n) is 9.22. The molecule has 3 aliphatic carbocycles. The predicted molar refractivity (Wildman–Crippen MR) is 91.8 cm³/mol. The molecule has 3 saturated carbocycles. The average molecular weight is 322 g/mol. The minimum Gasteiger partial charge on any atom is -0.390 e. The number of aliphatic hydroxyl groups excluding tert-OH is 2. The fourth-order valence-corrected chi connectivity index (χ4v) is 6.86. The van der Waals surface area contributed by atoms with Crippen LogP contribution in [0.15, 0.2) is 12.7 Å². The Bertz CT molecular complexity index is 501. The van der Waals surface area contributed by atoms with Gasteiger partial charge in [-0.1, -0.05) is 40.2 Å².